The zero-order valence-electron chi connectivity index (χ0n) is 14.8. The highest BCUT2D eigenvalue weighted by atomic mass is 35.5. The number of benzene rings is 2. The van der Waals surface area contributed by atoms with Gasteiger partial charge in [0.1, 0.15) is 11.6 Å². The molecule has 0 saturated carbocycles. The Labute approximate surface area is 165 Å². The Morgan fingerprint density at radius 3 is 2.59 bits per heavy atom. The minimum absolute atomic E-state index is 0.303. The Hall–Kier alpha value is -2.50. The number of nitrogens with two attached hydrogens (primary N) is 1. The largest absolute Gasteiger partial charge is 0.382 e. The monoisotopic (exact) mass is 402 g/mol. The molecule has 138 valence electrons. The molecule has 0 unspecified atom stereocenters. The van der Waals surface area contributed by atoms with Crippen LogP contribution in [0.25, 0.3) is 22.2 Å². The molecule has 0 spiro atoms. The lowest BCUT2D eigenvalue weighted by Crippen LogP contribution is -2.02. The highest BCUT2D eigenvalue weighted by molar-refractivity contribution is 6.35. The van der Waals surface area contributed by atoms with Crippen molar-refractivity contribution in [2.75, 3.05) is 5.73 Å². The molecule has 4 rings (SSSR count). The van der Waals surface area contributed by atoms with E-state index in [4.69, 9.17) is 28.9 Å². The van der Waals surface area contributed by atoms with E-state index in [1.54, 1.807) is 29.9 Å². The summed E-state index contributed by atoms with van der Waals surface area (Å²) in [5.41, 5.74) is 10.1. The van der Waals surface area contributed by atoms with Gasteiger partial charge in [0, 0.05) is 46.9 Å². The van der Waals surface area contributed by atoms with Crippen LogP contribution in [-0.4, -0.2) is 14.3 Å². The van der Waals surface area contributed by atoms with Crippen LogP contribution < -0.4 is 5.73 Å². The van der Waals surface area contributed by atoms with E-state index in [9.17, 15) is 4.39 Å². The third-order valence-corrected chi connectivity index (χ3v) is 5.25. The Balaban J connectivity index is 1.95. The summed E-state index contributed by atoms with van der Waals surface area (Å²) in [6, 6.07) is 10.2. The maximum absolute atomic E-state index is 14.3. The normalized spacial score (nSPS) is 11.4. The van der Waals surface area contributed by atoms with Gasteiger partial charge in [-0.3, -0.25) is 4.68 Å². The third-order valence-electron chi connectivity index (χ3n) is 4.67. The fraction of sp³-hybridized carbons (Fsp3) is 0.150. The Bertz CT molecular complexity index is 1180. The fourth-order valence-corrected chi connectivity index (χ4v) is 3.94. The number of rotatable bonds is 3. The molecule has 0 aliphatic rings. The molecular weight excluding hydrogens is 386 g/mol. The van der Waals surface area contributed by atoms with Gasteiger partial charge in [-0.05, 0) is 42.3 Å². The second-order valence-electron chi connectivity index (χ2n) is 6.60. The van der Waals surface area contributed by atoms with E-state index in [2.05, 4.69) is 9.67 Å². The SMILES string of the molecule is Cc1cn(Cc2ccc(Cl)cc2Cl)c2c(-c3cc(N)nn3C)cc(F)cc12. The molecule has 0 aliphatic carbocycles. The summed E-state index contributed by atoms with van der Waals surface area (Å²) >= 11 is 12.4. The number of aromatic nitrogens is 3. The molecule has 2 N–H and O–H groups in total. The van der Waals surface area contributed by atoms with Crippen molar-refractivity contribution < 1.29 is 4.39 Å². The average Bonchev–Trinajstić information content (AvgIpc) is 3.09. The summed E-state index contributed by atoms with van der Waals surface area (Å²) in [5, 5.41) is 6.22. The van der Waals surface area contributed by atoms with Crippen LogP contribution in [0.2, 0.25) is 10.0 Å². The molecule has 0 fully saturated rings. The first-order valence-electron chi connectivity index (χ1n) is 8.36. The van der Waals surface area contributed by atoms with Crippen LogP contribution >= 0.6 is 23.2 Å². The second-order valence-corrected chi connectivity index (χ2v) is 7.45. The minimum atomic E-state index is -0.303. The van der Waals surface area contributed by atoms with E-state index >= 15 is 0 Å². The van der Waals surface area contributed by atoms with Gasteiger partial charge in [-0.2, -0.15) is 5.10 Å². The molecule has 27 heavy (non-hydrogen) atoms. The molecule has 4 nitrogen and oxygen atoms in total. The zero-order valence-corrected chi connectivity index (χ0v) is 16.3. The summed E-state index contributed by atoms with van der Waals surface area (Å²) < 4.78 is 18.1. The van der Waals surface area contributed by atoms with Crippen molar-refractivity contribution in [2.24, 2.45) is 7.05 Å². The van der Waals surface area contributed by atoms with Crippen molar-refractivity contribution in [1.82, 2.24) is 14.3 Å². The highest BCUT2D eigenvalue weighted by Gasteiger charge is 2.17. The zero-order chi connectivity index (χ0) is 19.3. The quantitative estimate of drug-likeness (QED) is 0.496. The maximum atomic E-state index is 14.3. The minimum Gasteiger partial charge on any atom is -0.382 e. The summed E-state index contributed by atoms with van der Waals surface area (Å²) in [4.78, 5) is 0. The summed E-state index contributed by atoms with van der Waals surface area (Å²) in [7, 11) is 1.79. The van der Waals surface area contributed by atoms with Crippen molar-refractivity contribution in [3.05, 3.63) is 69.6 Å². The lowest BCUT2D eigenvalue weighted by Gasteiger charge is -2.12. The maximum Gasteiger partial charge on any atom is 0.146 e. The van der Waals surface area contributed by atoms with Crippen LogP contribution in [0.4, 0.5) is 10.2 Å². The molecule has 0 saturated heterocycles. The number of nitrogen functional groups attached to an aromatic ring is 1. The lowest BCUT2D eigenvalue weighted by molar-refractivity contribution is 0.629. The summed E-state index contributed by atoms with van der Waals surface area (Å²) in [6.07, 6.45) is 2.00. The summed E-state index contributed by atoms with van der Waals surface area (Å²) in [5.74, 6) is 0.0862. The van der Waals surface area contributed by atoms with Crippen LogP contribution in [0.15, 0.2) is 42.6 Å². The van der Waals surface area contributed by atoms with Gasteiger partial charge in [0.15, 0.2) is 0 Å². The Morgan fingerprint density at radius 1 is 1.15 bits per heavy atom. The van der Waals surface area contributed by atoms with E-state index in [1.165, 1.54) is 6.07 Å². The number of anilines is 1. The van der Waals surface area contributed by atoms with Crippen LogP contribution in [0.1, 0.15) is 11.1 Å². The van der Waals surface area contributed by atoms with Crippen molar-refractivity contribution in [2.45, 2.75) is 13.5 Å². The third kappa shape index (κ3) is 3.17. The van der Waals surface area contributed by atoms with E-state index in [1.807, 2.05) is 25.3 Å². The van der Waals surface area contributed by atoms with E-state index in [-0.39, 0.29) is 5.82 Å². The van der Waals surface area contributed by atoms with Crippen LogP contribution in [0, 0.1) is 12.7 Å². The lowest BCUT2D eigenvalue weighted by atomic mass is 10.1. The van der Waals surface area contributed by atoms with Crippen LogP contribution in [-0.2, 0) is 13.6 Å². The van der Waals surface area contributed by atoms with Gasteiger partial charge in [-0.25, -0.2) is 4.39 Å². The van der Waals surface area contributed by atoms with Crippen LogP contribution in [0.3, 0.4) is 0 Å². The first-order valence-corrected chi connectivity index (χ1v) is 9.12. The first-order chi connectivity index (χ1) is 12.8. The predicted molar refractivity (Wildman–Crippen MR) is 109 cm³/mol. The van der Waals surface area contributed by atoms with Gasteiger partial charge in [0.2, 0.25) is 0 Å². The summed E-state index contributed by atoms with van der Waals surface area (Å²) in [6.45, 7) is 2.50. The topological polar surface area (TPSA) is 48.8 Å². The molecule has 0 bridgehead atoms. The van der Waals surface area contributed by atoms with Gasteiger partial charge in [-0.1, -0.05) is 29.3 Å². The van der Waals surface area contributed by atoms with Crippen molar-refractivity contribution in [1.29, 1.82) is 0 Å². The fourth-order valence-electron chi connectivity index (χ4n) is 3.47. The van der Waals surface area contributed by atoms with Crippen molar-refractivity contribution >= 4 is 39.9 Å². The molecule has 7 heteroatoms. The first kappa shape index (κ1) is 17.9. The van der Waals surface area contributed by atoms with Gasteiger partial charge < -0.3 is 10.3 Å². The van der Waals surface area contributed by atoms with Gasteiger partial charge in [-0.15, -0.1) is 0 Å². The van der Waals surface area contributed by atoms with Crippen molar-refractivity contribution in [3.63, 3.8) is 0 Å². The Kier molecular flexibility index (Phi) is 4.36. The predicted octanol–water partition coefficient (Wildman–Crippen LogP) is 5.43. The van der Waals surface area contributed by atoms with Gasteiger partial charge in [0.25, 0.3) is 0 Å². The van der Waals surface area contributed by atoms with Gasteiger partial charge in [0.05, 0.1) is 11.2 Å². The van der Waals surface area contributed by atoms with Crippen molar-refractivity contribution in [3.8, 4) is 11.3 Å². The molecular formula is C20H17Cl2FN4. The van der Waals surface area contributed by atoms with Crippen LogP contribution in [0.5, 0.6) is 0 Å². The standard InChI is InChI=1S/C20H17Cl2FN4/c1-11-9-27(10-12-3-4-13(21)5-17(12)22)20-15(11)6-14(23)7-16(20)18-8-19(24)25-26(18)2/h3-9H,10H2,1-2H3,(H2,24,25). The molecule has 2 heterocycles. The van der Waals surface area contributed by atoms with E-state index in [0.29, 0.717) is 22.4 Å². The Morgan fingerprint density at radius 2 is 1.93 bits per heavy atom. The number of fused-ring (bicyclic) bond motifs is 1. The molecule has 0 atom stereocenters. The average molecular weight is 403 g/mol. The highest BCUT2D eigenvalue weighted by Crippen LogP contribution is 2.34. The molecule has 2 aromatic carbocycles. The molecule has 0 amide bonds. The van der Waals surface area contributed by atoms with E-state index < -0.39 is 0 Å². The molecule has 2 aromatic heterocycles. The number of halogens is 3. The second kappa shape index (κ2) is 6.59. The van der Waals surface area contributed by atoms with E-state index in [0.717, 1.165) is 33.3 Å². The molecule has 0 aliphatic heterocycles. The number of aryl methyl sites for hydroxylation is 2. The smallest absolute Gasteiger partial charge is 0.146 e. The number of nitrogens with zero attached hydrogens (tertiary/aromatic N) is 3. The number of hydrogen-bond donors (Lipinski definition) is 1. The van der Waals surface area contributed by atoms with Gasteiger partial charge >= 0.3 is 0 Å². The molecule has 0 radical (unpaired) electrons. The number of hydrogen-bond acceptors (Lipinski definition) is 2. The molecule has 4 aromatic rings.